The van der Waals surface area contributed by atoms with Gasteiger partial charge in [0.15, 0.2) is 11.6 Å². The number of aromatic nitrogens is 2. The van der Waals surface area contributed by atoms with Crippen LogP contribution in [0.25, 0.3) is 21.8 Å². The van der Waals surface area contributed by atoms with Gasteiger partial charge in [0.1, 0.15) is 36.3 Å². The number of carbonyl (C=O) groups is 11. The molecule has 1 aliphatic carbocycles. The van der Waals surface area contributed by atoms with Crippen LogP contribution in [0.15, 0.2) is 60.9 Å². The van der Waals surface area contributed by atoms with Crippen molar-refractivity contribution in [2.24, 2.45) is 23.7 Å². The number of para-hydroxylation sites is 2. The zero-order valence-corrected chi connectivity index (χ0v) is 50.0. The lowest BCUT2D eigenvalue weighted by atomic mass is 9.85. The fourth-order valence-electron chi connectivity index (χ4n) is 11.0. The van der Waals surface area contributed by atoms with Gasteiger partial charge in [-0.2, -0.15) is 0 Å². The Labute approximate surface area is 494 Å². The van der Waals surface area contributed by atoms with Crippen LogP contribution in [0.2, 0.25) is 0 Å². The lowest BCUT2D eigenvalue weighted by Gasteiger charge is -2.32. The Morgan fingerprint density at radius 3 is 1.73 bits per heavy atom. The van der Waals surface area contributed by atoms with Gasteiger partial charge in [-0.3, -0.25) is 52.7 Å². The summed E-state index contributed by atoms with van der Waals surface area (Å²) in [4.78, 5) is 159. The Bertz CT molecular complexity index is 3080. The van der Waals surface area contributed by atoms with E-state index in [1.807, 2.05) is 50.2 Å². The maximum atomic E-state index is 14.5. The molecule has 1 saturated carbocycles. The van der Waals surface area contributed by atoms with Crippen LogP contribution in [0.3, 0.4) is 0 Å². The molecule has 0 spiro atoms. The van der Waals surface area contributed by atoms with Crippen LogP contribution >= 0.6 is 0 Å². The molecule has 2 aromatic carbocycles. The predicted molar refractivity (Wildman–Crippen MR) is 316 cm³/mol. The predicted octanol–water partition coefficient (Wildman–Crippen LogP) is 1.97. The monoisotopic (exact) mass is 1180 g/mol. The topological polar surface area (TPSA) is 359 Å². The highest BCUT2D eigenvalue weighted by atomic mass is 16.4. The van der Waals surface area contributed by atoms with Crippen LogP contribution in [-0.4, -0.2) is 163 Å². The number of hydrogen-bond acceptors (Lipinski definition) is 13. The minimum absolute atomic E-state index is 0.0669. The van der Waals surface area contributed by atoms with E-state index in [2.05, 4.69) is 52.5 Å². The Balaban J connectivity index is 1.14. The molecule has 0 radical (unpaired) electrons. The molecule has 462 valence electrons. The molecule has 6 rings (SSSR count). The van der Waals surface area contributed by atoms with Crippen molar-refractivity contribution in [3.63, 3.8) is 0 Å². The fourth-order valence-corrected chi connectivity index (χ4v) is 11.0. The summed E-state index contributed by atoms with van der Waals surface area (Å²) in [5.74, 6) is -10.4. The third kappa shape index (κ3) is 17.8. The van der Waals surface area contributed by atoms with Crippen molar-refractivity contribution in [1.82, 2.24) is 57.4 Å². The van der Waals surface area contributed by atoms with E-state index in [1.165, 1.54) is 11.8 Å². The molecule has 2 aliphatic rings. The smallest absolute Gasteiger partial charge is 0.305 e. The summed E-state index contributed by atoms with van der Waals surface area (Å²) in [6.45, 7) is 14.9. The van der Waals surface area contributed by atoms with E-state index in [0.717, 1.165) is 21.8 Å². The molecule has 8 amide bonds. The second-order valence-electron chi connectivity index (χ2n) is 23.8. The molecule has 2 fully saturated rings. The van der Waals surface area contributed by atoms with Crippen LogP contribution in [0, 0.1) is 23.7 Å². The largest absolute Gasteiger partial charge is 0.481 e. The highest BCUT2D eigenvalue weighted by molar-refractivity contribution is 6.00. The van der Waals surface area contributed by atoms with E-state index in [0.29, 0.717) is 36.9 Å². The highest BCUT2D eigenvalue weighted by Crippen LogP contribution is 2.26. The number of carboxylic acid groups (broad SMARTS) is 1. The molecule has 0 bridgehead atoms. The van der Waals surface area contributed by atoms with Crippen molar-refractivity contribution in [2.75, 3.05) is 13.1 Å². The first kappa shape index (κ1) is 66.2. The van der Waals surface area contributed by atoms with Gasteiger partial charge in [-0.25, -0.2) is 0 Å². The van der Waals surface area contributed by atoms with Crippen LogP contribution in [0.5, 0.6) is 0 Å². The average molecular weight is 1180 g/mol. The van der Waals surface area contributed by atoms with Crippen molar-refractivity contribution >= 4 is 86.6 Å². The van der Waals surface area contributed by atoms with Gasteiger partial charge >= 0.3 is 5.97 Å². The normalized spacial score (nSPS) is 19.5. The lowest BCUT2D eigenvalue weighted by Crippen LogP contribution is -2.60. The molecule has 12 N–H and O–H groups in total. The molecular formula is C61H85N11O13. The minimum Gasteiger partial charge on any atom is -0.481 e. The van der Waals surface area contributed by atoms with Crippen LogP contribution < -0.4 is 42.5 Å². The molecule has 10 atom stereocenters. The molecule has 4 aromatic rings. The van der Waals surface area contributed by atoms with Gasteiger partial charge in [-0.05, 0) is 74.1 Å². The number of carbonyl (C=O) groups excluding carboxylic acids is 10. The lowest BCUT2D eigenvalue weighted by molar-refractivity contribution is -0.143. The van der Waals surface area contributed by atoms with Crippen molar-refractivity contribution in [3.05, 3.63) is 72.1 Å². The molecule has 1 aliphatic heterocycles. The zero-order valence-electron chi connectivity index (χ0n) is 50.0. The number of nitrogens with zero attached hydrogens (tertiary/aromatic N) is 1. The van der Waals surface area contributed by atoms with Crippen LogP contribution in [0.4, 0.5) is 0 Å². The second kappa shape index (κ2) is 30.2. The molecular weight excluding hydrogens is 1090 g/mol. The van der Waals surface area contributed by atoms with E-state index in [9.17, 15) is 63.0 Å². The van der Waals surface area contributed by atoms with Gasteiger partial charge in [0.05, 0.1) is 31.2 Å². The van der Waals surface area contributed by atoms with E-state index in [-0.39, 0.29) is 55.6 Å². The number of aromatic amines is 2. The summed E-state index contributed by atoms with van der Waals surface area (Å²) in [6, 6.07) is 4.73. The van der Waals surface area contributed by atoms with Crippen LogP contribution in [0.1, 0.15) is 118 Å². The number of H-pyrrole nitrogens is 2. The minimum atomic E-state index is -1.79. The maximum absolute atomic E-state index is 14.5. The quantitative estimate of drug-likeness (QED) is 0.0406. The number of fused-ring (bicyclic) bond motifs is 2. The van der Waals surface area contributed by atoms with Crippen molar-refractivity contribution in [3.8, 4) is 0 Å². The standard InChI is InChI=1S/C61H85N11O13/c1-31(2)51(70-59(83)44(25-38-29-63-42-20-13-11-18-40(38)42)68-55(79)35(9)66-56(80)36-16-14-22-47(73)53(48(74)26-36)65-34(7)8)60(84)69-45(27-50(76)77)57(81)64-30-49(75)67-43(24-37-28-62-41-19-12-10-17-39(37)41)58(82)71-52(32(3)4)61(85)72-23-15-21-46(72)54(78)33(5)6/h10-13,17-20,28-29,31-36,43-47,51-53,62-63,65,73H,14-16,21-27,30H2,1-9H3,(H,64,81)(H,66,80)(H,67,75)(H,68,79)(H,69,84)(H,70,83)(H,71,82)(H,76,77)/t35-,36+,43-,44-,45-,46-,47+,51-,52-,53-/m0/s1. The number of rotatable bonds is 27. The number of ketones is 2. The summed E-state index contributed by atoms with van der Waals surface area (Å²) in [5, 5.41) is 43.5. The Hall–Kier alpha value is -7.99. The number of benzene rings is 2. The second-order valence-corrected chi connectivity index (χ2v) is 23.8. The molecule has 1 saturated heterocycles. The molecule has 0 unspecified atom stereocenters. The van der Waals surface area contributed by atoms with Gasteiger partial charge in [-0.15, -0.1) is 0 Å². The van der Waals surface area contributed by atoms with Gasteiger partial charge < -0.3 is 67.6 Å². The Morgan fingerprint density at radius 2 is 1.18 bits per heavy atom. The van der Waals surface area contributed by atoms with Crippen molar-refractivity contribution in [2.45, 2.75) is 181 Å². The molecule has 24 nitrogen and oxygen atoms in total. The van der Waals surface area contributed by atoms with Gasteiger partial charge in [0.25, 0.3) is 0 Å². The first-order valence-electron chi connectivity index (χ1n) is 29.5. The summed E-state index contributed by atoms with van der Waals surface area (Å²) >= 11 is 0. The summed E-state index contributed by atoms with van der Waals surface area (Å²) in [6.07, 6.45) is 3.27. The van der Waals surface area contributed by atoms with Gasteiger partial charge in [0, 0.05) is 77.9 Å². The van der Waals surface area contributed by atoms with E-state index in [4.69, 9.17) is 0 Å². The van der Waals surface area contributed by atoms with E-state index < -0.39 is 138 Å². The maximum Gasteiger partial charge on any atom is 0.305 e. The summed E-state index contributed by atoms with van der Waals surface area (Å²) < 4.78 is 0. The summed E-state index contributed by atoms with van der Waals surface area (Å²) in [5.41, 5.74) is 2.76. The van der Waals surface area contributed by atoms with Crippen LogP contribution in [-0.2, 0) is 65.6 Å². The van der Waals surface area contributed by atoms with E-state index >= 15 is 0 Å². The fraction of sp³-hybridized carbons (Fsp3) is 0.557. The third-order valence-corrected chi connectivity index (χ3v) is 15.7. The number of nitrogens with one attached hydrogen (secondary N) is 10. The Morgan fingerprint density at radius 1 is 0.624 bits per heavy atom. The number of hydrogen-bond donors (Lipinski definition) is 12. The number of Topliss-reactive ketones (excluding diaryl/α,β-unsaturated/α-hetero) is 2. The van der Waals surface area contributed by atoms with Gasteiger partial charge in [0.2, 0.25) is 47.3 Å². The Kier molecular flexibility index (Phi) is 23.5. The van der Waals surface area contributed by atoms with Gasteiger partial charge in [-0.1, -0.05) is 91.8 Å². The number of aliphatic hydroxyl groups excluding tert-OH is 1. The highest BCUT2D eigenvalue weighted by Gasteiger charge is 2.41. The summed E-state index contributed by atoms with van der Waals surface area (Å²) in [7, 11) is 0. The number of amides is 8. The zero-order chi connectivity index (χ0) is 62.4. The molecule has 85 heavy (non-hydrogen) atoms. The SMILES string of the molecule is CC(C)N[C@@H]1C(=O)C[C@H](C(=O)N[C@@H](C)C(=O)N[C@@H](Cc2c[nH]c3ccccc23)C(=O)N[C@H](C(=O)N[C@@H](CC(=O)O)C(=O)NCC(=O)N[C@@H](Cc2c[nH]c3ccccc23)C(=O)N[C@H](C(=O)N2CCC[C@H]2C(=O)C(C)C)C(C)C)C(C)C)CCC[C@H]1O. The van der Waals surface area contributed by atoms with E-state index in [1.54, 1.807) is 66.1 Å². The number of aliphatic hydroxyl groups is 1. The number of likely N-dealkylation sites (tertiary alicyclic amines) is 1. The molecule has 24 heteroatoms. The average Bonchev–Trinajstić information content (AvgIpc) is 4.42. The third-order valence-electron chi connectivity index (χ3n) is 15.7. The molecule has 2 aromatic heterocycles. The first-order chi connectivity index (χ1) is 40.2. The van der Waals surface area contributed by atoms with Crippen molar-refractivity contribution < 1.29 is 63.0 Å². The number of carboxylic acids is 1. The van der Waals surface area contributed by atoms with Crippen molar-refractivity contribution in [1.29, 1.82) is 0 Å². The first-order valence-corrected chi connectivity index (χ1v) is 29.5. The number of aliphatic carboxylic acids is 1. The molecule has 3 heterocycles.